The molecule has 0 saturated heterocycles. The number of methoxy groups -OCH3 is 1. The van der Waals surface area contributed by atoms with E-state index in [4.69, 9.17) is 9.84 Å². The molecule has 0 aliphatic rings. The van der Waals surface area contributed by atoms with E-state index < -0.39 is 18.8 Å². The van der Waals surface area contributed by atoms with E-state index in [0.29, 0.717) is 0 Å². The Morgan fingerprint density at radius 1 is 1.53 bits per heavy atom. The van der Waals surface area contributed by atoms with Crippen LogP contribution in [0.3, 0.4) is 0 Å². The van der Waals surface area contributed by atoms with E-state index in [-0.39, 0.29) is 12.1 Å². The summed E-state index contributed by atoms with van der Waals surface area (Å²) >= 11 is 0. The third kappa shape index (κ3) is 9.55. The van der Waals surface area contributed by atoms with E-state index in [9.17, 15) is 13.6 Å². The van der Waals surface area contributed by atoms with E-state index in [0.717, 1.165) is 6.92 Å². The second-order valence-corrected chi connectivity index (χ2v) is 2.96. The van der Waals surface area contributed by atoms with Crippen LogP contribution in [0.4, 0.5) is 8.78 Å². The topological polar surface area (TPSA) is 58.6 Å². The van der Waals surface area contributed by atoms with Crippen molar-refractivity contribution in [1.82, 2.24) is 5.32 Å². The van der Waals surface area contributed by atoms with Crippen molar-refractivity contribution < 1.29 is 23.4 Å². The Morgan fingerprint density at radius 2 is 1.93 bits per heavy atom. The Labute approximate surface area is 88.6 Å². The summed E-state index contributed by atoms with van der Waals surface area (Å²) < 4.78 is 28.0. The molecule has 0 aromatic heterocycles. The van der Waals surface area contributed by atoms with Gasteiger partial charge in [0.05, 0.1) is 0 Å². The van der Waals surface area contributed by atoms with Gasteiger partial charge in [0.2, 0.25) is 0 Å². The molecule has 0 fully saturated rings. The minimum atomic E-state index is -1.73. The van der Waals surface area contributed by atoms with E-state index in [1.54, 1.807) is 7.05 Å². The number of nitrogens with one attached hydrogen (secondary N) is 1. The van der Waals surface area contributed by atoms with Gasteiger partial charge in [0.25, 0.3) is 0 Å². The number of rotatable bonds is 5. The molecule has 0 amide bonds. The first-order valence-electron chi connectivity index (χ1n) is 4.53. The first kappa shape index (κ1) is 16.7. The van der Waals surface area contributed by atoms with E-state index in [1.807, 2.05) is 6.92 Å². The van der Waals surface area contributed by atoms with E-state index in [2.05, 4.69) is 5.32 Å². The molecule has 0 saturated carbocycles. The number of hydrogen-bond donors (Lipinski definition) is 2. The predicted molar refractivity (Wildman–Crippen MR) is 53.5 cm³/mol. The summed E-state index contributed by atoms with van der Waals surface area (Å²) in [5, 5.41) is 10.5. The zero-order valence-electron chi connectivity index (χ0n) is 9.46. The largest absolute Gasteiger partial charge is 0.479 e. The lowest BCUT2D eigenvalue weighted by Gasteiger charge is -2.18. The van der Waals surface area contributed by atoms with Gasteiger partial charge in [0, 0.05) is 13.2 Å². The predicted octanol–water partition coefficient (Wildman–Crippen LogP) is 1.01. The number of alkyl halides is 2. The van der Waals surface area contributed by atoms with Crippen LogP contribution in [0.2, 0.25) is 0 Å². The number of ether oxygens (including phenoxy) is 1. The molecule has 0 radical (unpaired) electrons. The lowest BCUT2D eigenvalue weighted by Crippen LogP contribution is -2.37. The lowest BCUT2D eigenvalue weighted by molar-refractivity contribution is -0.142. The lowest BCUT2D eigenvalue weighted by atomic mass is 10.2. The molecule has 3 unspecified atom stereocenters. The van der Waals surface area contributed by atoms with Crippen molar-refractivity contribution in [3.05, 3.63) is 0 Å². The van der Waals surface area contributed by atoms with Crippen molar-refractivity contribution in [2.75, 3.05) is 20.8 Å². The molecule has 15 heavy (non-hydrogen) atoms. The molecule has 3 atom stereocenters. The molecular formula is C9H19F2NO3. The summed E-state index contributed by atoms with van der Waals surface area (Å²) in [4.78, 5) is 9.32. The van der Waals surface area contributed by atoms with Crippen LogP contribution in [0.25, 0.3) is 0 Å². The van der Waals surface area contributed by atoms with Crippen LogP contribution in [-0.2, 0) is 9.53 Å². The summed E-state index contributed by atoms with van der Waals surface area (Å²) in [6.07, 6.45) is -2.04. The summed E-state index contributed by atoms with van der Waals surface area (Å²) in [6, 6.07) is 0.0833. The smallest absolute Gasteiger partial charge is 0.337 e. The van der Waals surface area contributed by atoms with Crippen molar-refractivity contribution in [1.29, 1.82) is 0 Å². The zero-order valence-corrected chi connectivity index (χ0v) is 9.46. The fourth-order valence-corrected chi connectivity index (χ4v) is 0.587. The standard InChI is InChI=1S/C6H14FNO.C3H5FO2/c1-5(8-2)6(4-7)9-3;1-2(4)3(5)6/h5-6,8H,4H2,1-3H3;2H,1H3,(H,5,6). The third-order valence-corrected chi connectivity index (χ3v) is 1.81. The van der Waals surface area contributed by atoms with Crippen LogP contribution in [-0.4, -0.2) is 50.2 Å². The molecule has 0 aromatic rings. The highest BCUT2D eigenvalue weighted by atomic mass is 19.1. The maximum atomic E-state index is 11.9. The van der Waals surface area contributed by atoms with Crippen molar-refractivity contribution >= 4 is 5.97 Å². The van der Waals surface area contributed by atoms with Crippen molar-refractivity contribution in [2.45, 2.75) is 32.2 Å². The van der Waals surface area contributed by atoms with Gasteiger partial charge in [-0.25, -0.2) is 13.6 Å². The highest BCUT2D eigenvalue weighted by molar-refractivity contribution is 5.71. The Bertz CT molecular complexity index is 163. The molecule has 0 spiro atoms. The quantitative estimate of drug-likeness (QED) is 0.736. The summed E-state index contributed by atoms with van der Waals surface area (Å²) in [5.74, 6) is -1.41. The van der Waals surface area contributed by atoms with Gasteiger partial charge in [0.1, 0.15) is 12.8 Å². The van der Waals surface area contributed by atoms with Gasteiger partial charge in [-0.3, -0.25) is 0 Å². The van der Waals surface area contributed by atoms with Crippen LogP contribution in [0.1, 0.15) is 13.8 Å². The van der Waals surface area contributed by atoms with Crippen molar-refractivity contribution in [3.63, 3.8) is 0 Å². The van der Waals surface area contributed by atoms with Gasteiger partial charge in [-0.1, -0.05) is 0 Å². The number of carbonyl (C=O) groups is 1. The van der Waals surface area contributed by atoms with Gasteiger partial charge in [0.15, 0.2) is 6.17 Å². The van der Waals surface area contributed by atoms with E-state index >= 15 is 0 Å². The molecule has 0 aliphatic heterocycles. The summed E-state index contributed by atoms with van der Waals surface area (Å²) in [6.45, 7) is 2.43. The first-order chi connectivity index (χ1) is 6.90. The summed E-state index contributed by atoms with van der Waals surface area (Å²) in [5.41, 5.74) is 0. The first-order valence-corrected chi connectivity index (χ1v) is 4.53. The Morgan fingerprint density at radius 3 is 2.00 bits per heavy atom. The number of carboxylic acids is 1. The Kier molecular flexibility index (Phi) is 10.9. The fraction of sp³-hybridized carbons (Fsp3) is 0.889. The molecule has 0 aliphatic carbocycles. The molecule has 2 N–H and O–H groups in total. The van der Waals surface area contributed by atoms with Crippen LogP contribution in [0.5, 0.6) is 0 Å². The van der Waals surface area contributed by atoms with Gasteiger partial charge >= 0.3 is 5.97 Å². The number of likely N-dealkylation sites (N-methyl/N-ethyl adjacent to an activating group) is 1. The van der Waals surface area contributed by atoms with Gasteiger partial charge < -0.3 is 15.2 Å². The summed E-state index contributed by atoms with van der Waals surface area (Å²) in [7, 11) is 3.30. The third-order valence-electron chi connectivity index (χ3n) is 1.81. The van der Waals surface area contributed by atoms with Crippen LogP contribution < -0.4 is 5.32 Å². The normalized spacial score (nSPS) is 15.9. The fourth-order valence-electron chi connectivity index (χ4n) is 0.587. The van der Waals surface area contributed by atoms with Crippen molar-refractivity contribution in [3.8, 4) is 0 Å². The molecule has 4 nitrogen and oxygen atoms in total. The van der Waals surface area contributed by atoms with Crippen LogP contribution in [0, 0.1) is 0 Å². The molecule has 0 aromatic carbocycles. The minimum Gasteiger partial charge on any atom is -0.479 e. The molecule has 0 heterocycles. The van der Waals surface area contributed by atoms with E-state index in [1.165, 1.54) is 7.11 Å². The monoisotopic (exact) mass is 227 g/mol. The maximum absolute atomic E-state index is 11.9. The number of halogens is 2. The zero-order chi connectivity index (χ0) is 12.4. The average Bonchev–Trinajstić information content (AvgIpc) is 2.20. The second-order valence-electron chi connectivity index (χ2n) is 2.96. The second kappa shape index (κ2) is 9.79. The molecule has 0 rings (SSSR count). The van der Waals surface area contributed by atoms with Crippen molar-refractivity contribution in [2.24, 2.45) is 0 Å². The van der Waals surface area contributed by atoms with Crippen LogP contribution >= 0.6 is 0 Å². The van der Waals surface area contributed by atoms with Crippen LogP contribution in [0.15, 0.2) is 0 Å². The molecular weight excluding hydrogens is 208 g/mol. The van der Waals surface area contributed by atoms with Gasteiger partial charge in [-0.05, 0) is 20.9 Å². The number of carboxylic acid groups (broad SMARTS) is 1. The molecule has 6 heteroatoms. The minimum absolute atomic E-state index is 0.0833. The van der Waals surface area contributed by atoms with Gasteiger partial charge in [-0.15, -0.1) is 0 Å². The number of hydrogen-bond acceptors (Lipinski definition) is 3. The van der Waals surface area contributed by atoms with Gasteiger partial charge in [-0.2, -0.15) is 0 Å². The Balaban J connectivity index is 0. The molecule has 0 bridgehead atoms. The number of aliphatic carboxylic acids is 1. The average molecular weight is 227 g/mol. The highest BCUT2D eigenvalue weighted by Crippen LogP contribution is 1.96. The highest BCUT2D eigenvalue weighted by Gasteiger charge is 2.13. The molecule has 92 valence electrons. The SMILES string of the molecule is CC(F)C(=O)O.CNC(C)C(CF)OC. The Hall–Kier alpha value is -0.750. The maximum Gasteiger partial charge on any atom is 0.337 e.